The lowest BCUT2D eigenvalue weighted by atomic mass is 10.1. The summed E-state index contributed by atoms with van der Waals surface area (Å²) in [6.45, 7) is 3.98. The summed E-state index contributed by atoms with van der Waals surface area (Å²) in [7, 11) is 0. The predicted molar refractivity (Wildman–Crippen MR) is 69.7 cm³/mol. The highest BCUT2D eigenvalue weighted by molar-refractivity contribution is 6.17. The molecule has 0 bridgehead atoms. The van der Waals surface area contributed by atoms with E-state index in [1.54, 1.807) is 6.07 Å². The van der Waals surface area contributed by atoms with E-state index >= 15 is 0 Å². The number of ether oxygens (including phenoxy) is 1. The van der Waals surface area contributed by atoms with Crippen LogP contribution < -0.4 is 4.74 Å². The Morgan fingerprint density at radius 1 is 1.22 bits per heavy atom. The molecular weight excluding hydrogens is 253 g/mol. The van der Waals surface area contributed by atoms with Crippen LogP contribution in [0.2, 0.25) is 0 Å². The van der Waals surface area contributed by atoms with Gasteiger partial charge in [-0.2, -0.15) is 0 Å². The zero-order chi connectivity index (χ0) is 13.1. The molecule has 94 valence electrons. The van der Waals surface area contributed by atoms with Gasteiger partial charge in [-0.15, -0.1) is 11.6 Å². The van der Waals surface area contributed by atoms with Gasteiger partial charge in [0.15, 0.2) is 5.82 Å². The molecule has 0 fully saturated rings. The fraction of sp³-hybridized carbons (Fsp3) is 0.214. The number of aryl methyl sites for hydroxylation is 2. The lowest BCUT2D eigenvalue weighted by Gasteiger charge is -2.09. The van der Waals surface area contributed by atoms with E-state index in [1.165, 1.54) is 12.3 Å². The molecule has 2 nitrogen and oxygen atoms in total. The second-order valence-electron chi connectivity index (χ2n) is 4.07. The first-order valence-corrected chi connectivity index (χ1v) is 6.09. The molecule has 2 aromatic rings. The largest absolute Gasteiger partial charge is 0.436 e. The summed E-state index contributed by atoms with van der Waals surface area (Å²) in [4.78, 5) is 3.88. The van der Waals surface area contributed by atoms with E-state index in [9.17, 15) is 4.39 Å². The molecule has 2 rings (SSSR count). The van der Waals surface area contributed by atoms with Gasteiger partial charge in [0.05, 0.1) is 5.88 Å². The summed E-state index contributed by atoms with van der Waals surface area (Å²) in [5.41, 5.74) is 2.62. The third kappa shape index (κ3) is 2.62. The van der Waals surface area contributed by atoms with E-state index < -0.39 is 5.82 Å². The molecule has 0 aliphatic rings. The minimum absolute atomic E-state index is 0.0450. The monoisotopic (exact) mass is 265 g/mol. The van der Waals surface area contributed by atoms with Gasteiger partial charge in [-0.1, -0.05) is 6.07 Å². The predicted octanol–water partition coefficient (Wildman–Crippen LogP) is 4.37. The van der Waals surface area contributed by atoms with Crippen LogP contribution in [0.5, 0.6) is 11.6 Å². The number of aromatic nitrogens is 1. The molecule has 1 heterocycles. The third-order valence-corrected chi connectivity index (χ3v) is 3.06. The van der Waals surface area contributed by atoms with Gasteiger partial charge in [-0.3, -0.25) is 0 Å². The molecule has 0 spiro atoms. The van der Waals surface area contributed by atoms with Crippen molar-refractivity contribution in [2.75, 3.05) is 0 Å². The second kappa shape index (κ2) is 5.36. The molecule has 0 aliphatic carbocycles. The van der Waals surface area contributed by atoms with Crippen molar-refractivity contribution in [3.05, 3.63) is 53.0 Å². The highest BCUT2D eigenvalue weighted by Crippen LogP contribution is 2.26. The Labute approximate surface area is 110 Å². The minimum Gasteiger partial charge on any atom is -0.436 e. The maximum Gasteiger partial charge on any atom is 0.256 e. The van der Waals surface area contributed by atoms with Crippen molar-refractivity contribution in [3.8, 4) is 11.6 Å². The molecule has 0 saturated heterocycles. The smallest absolute Gasteiger partial charge is 0.256 e. The van der Waals surface area contributed by atoms with Crippen LogP contribution in [0.1, 0.15) is 16.7 Å². The van der Waals surface area contributed by atoms with Crippen molar-refractivity contribution in [2.24, 2.45) is 0 Å². The first kappa shape index (κ1) is 12.8. The van der Waals surface area contributed by atoms with E-state index in [2.05, 4.69) is 4.98 Å². The van der Waals surface area contributed by atoms with Crippen LogP contribution in [0.15, 0.2) is 30.5 Å². The van der Waals surface area contributed by atoms with Crippen LogP contribution in [0.25, 0.3) is 0 Å². The van der Waals surface area contributed by atoms with Crippen LogP contribution in [0.3, 0.4) is 0 Å². The molecule has 0 unspecified atom stereocenters. The van der Waals surface area contributed by atoms with Gasteiger partial charge in [0.2, 0.25) is 0 Å². The molecule has 0 radical (unpaired) electrons. The lowest BCUT2D eigenvalue weighted by molar-refractivity contribution is 0.420. The summed E-state index contributed by atoms with van der Waals surface area (Å²) < 4.78 is 19.3. The summed E-state index contributed by atoms with van der Waals surface area (Å²) >= 11 is 5.63. The van der Waals surface area contributed by atoms with E-state index in [0.717, 1.165) is 11.1 Å². The zero-order valence-corrected chi connectivity index (χ0v) is 11.0. The Balaban J connectivity index is 2.31. The van der Waals surface area contributed by atoms with Crippen LogP contribution in [-0.2, 0) is 5.88 Å². The second-order valence-corrected chi connectivity index (χ2v) is 4.34. The molecule has 0 atom stereocenters. The highest BCUT2D eigenvalue weighted by Gasteiger charge is 2.11. The average molecular weight is 266 g/mol. The number of alkyl halides is 1. The Hall–Kier alpha value is -1.61. The van der Waals surface area contributed by atoms with Crippen LogP contribution >= 0.6 is 11.6 Å². The molecule has 4 heteroatoms. The van der Waals surface area contributed by atoms with E-state index in [1.807, 2.05) is 26.0 Å². The molecule has 0 N–H and O–H groups in total. The third-order valence-electron chi connectivity index (χ3n) is 2.77. The number of benzene rings is 1. The SMILES string of the molecule is Cc1ccc(Oc2nccc(CCl)c2F)cc1C. The fourth-order valence-corrected chi connectivity index (χ4v) is 1.73. The Kier molecular flexibility index (Phi) is 3.82. The van der Waals surface area contributed by atoms with Gasteiger partial charge in [0.25, 0.3) is 5.88 Å². The summed E-state index contributed by atoms with van der Waals surface area (Å²) in [5.74, 6) is 0.107. The molecule has 1 aromatic carbocycles. The number of halogens is 2. The number of hydrogen-bond donors (Lipinski definition) is 0. The zero-order valence-electron chi connectivity index (χ0n) is 10.2. The first-order valence-electron chi connectivity index (χ1n) is 5.56. The number of nitrogens with zero attached hydrogens (tertiary/aromatic N) is 1. The quantitative estimate of drug-likeness (QED) is 0.769. The first-order chi connectivity index (χ1) is 8.61. The topological polar surface area (TPSA) is 22.1 Å². The molecule has 0 saturated carbocycles. The summed E-state index contributed by atoms with van der Waals surface area (Å²) in [6.07, 6.45) is 1.48. The summed E-state index contributed by atoms with van der Waals surface area (Å²) in [5, 5.41) is 0. The Bertz CT molecular complexity index is 572. The minimum atomic E-state index is -0.509. The molecule has 0 amide bonds. The van der Waals surface area contributed by atoms with Gasteiger partial charge in [-0.25, -0.2) is 9.37 Å². The van der Waals surface area contributed by atoms with Crippen molar-refractivity contribution in [1.29, 1.82) is 0 Å². The van der Waals surface area contributed by atoms with Gasteiger partial charge < -0.3 is 4.74 Å². The van der Waals surface area contributed by atoms with Crippen LogP contribution in [0.4, 0.5) is 4.39 Å². The standard InChI is InChI=1S/C14H13ClFNO/c1-9-3-4-12(7-10(9)2)18-14-13(16)11(8-15)5-6-17-14/h3-7H,8H2,1-2H3. The molecule has 18 heavy (non-hydrogen) atoms. The Morgan fingerprint density at radius 2 is 2.00 bits per heavy atom. The number of hydrogen-bond acceptors (Lipinski definition) is 2. The van der Waals surface area contributed by atoms with Gasteiger partial charge in [0.1, 0.15) is 5.75 Å². The van der Waals surface area contributed by atoms with Crippen LogP contribution in [-0.4, -0.2) is 4.98 Å². The van der Waals surface area contributed by atoms with Crippen molar-refractivity contribution in [1.82, 2.24) is 4.98 Å². The molecule has 0 aliphatic heterocycles. The van der Waals surface area contributed by atoms with Gasteiger partial charge in [0, 0.05) is 11.8 Å². The van der Waals surface area contributed by atoms with Gasteiger partial charge in [-0.05, 0) is 43.2 Å². The van der Waals surface area contributed by atoms with Crippen LogP contribution in [0, 0.1) is 19.7 Å². The lowest BCUT2D eigenvalue weighted by Crippen LogP contribution is -1.96. The summed E-state index contributed by atoms with van der Waals surface area (Å²) in [6, 6.07) is 7.10. The van der Waals surface area contributed by atoms with Crippen molar-refractivity contribution in [2.45, 2.75) is 19.7 Å². The normalized spacial score (nSPS) is 10.4. The van der Waals surface area contributed by atoms with Crippen molar-refractivity contribution in [3.63, 3.8) is 0 Å². The van der Waals surface area contributed by atoms with Crippen molar-refractivity contribution < 1.29 is 9.13 Å². The molecular formula is C14H13ClFNO. The maximum atomic E-state index is 13.9. The van der Waals surface area contributed by atoms with Gasteiger partial charge >= 0.3 is 0 Å². The maximum absolute atomic E-state index is 13.9. The van der Waals surface area contributed by atoms with E-state index in [4.69, 9.17) is 16.3 Å². The molecule has 1 aromatic heterocycles. The van der Waals surface area contributed by atoms with E-state index in [-0.39, 0.29) is 11.8 Å². The van der Waals surface area contributed by atoms with E-state index in [0.29, 0.717) is 11.3 Å². The number of rotatable bonds is 3. The highest BCUT2D eigenvalue weighted by atomic mass is 35.5. The Morgan fingerprint density at radius 3 is 2.67 bits per heavy atom. The number of pyridine rings is 1. The fourth-order valence-electron chi connectivity index (χ4n) is 1.53. The van der Waals surface area contributed by atoms with Crippen molar-refractivity contribution >= 4 is 11.6 Å². The average Bonchev–Trinajstić information content (AvgIpc) is 2.36.